The Balaban J connectivity index is 1.18. The van der Waals surface area contributed by atoms with Gasteiger partial charge in [-0.3, -0.25) is 9.69 Å². The summed E-state index contributed by atoms with van der Waals surface area (Å²) in [6.07, 6.45) is 0. The number of amides is 1. The van der Waals surface area contributed by atoms with E-state index in [1.807, 2.05) is 35.2 Å². The van der Waals surface area contributed by atoms with Crippen molar-refractivity contribution in [3.8, 4) is 11.1 Å². The maximum atomic E-state index is 12.9. The fraction of sp³-hybridized carbons (Fsp3) is 0.192. The van der Waals surface area contributed by atoms with Crippen LogP contribution in [0.5, 0.6) is 0 Å². The van der Waals surface area contributed by atoms with E-state index in [2.05, 4.69) is 58.4 Å². The average molecular weight is 430 g/mol. The lowest BCUT2D eigenvalue weighted by Crippen LogP contribution is -2.48. The monoisotopic (exact) mass is 429 g/mol. The number of nitrogens with zero attached hydrogens (tertiary/aromatic N) is 2. The molecule has 1 saturated heterocycles. The molecule has 0 bridgehead atoms. The van der Waals surface area contributed by atoms with Crippen LogP contribution in [-0.4, -0.2) is 46.9 Å². The minimum Gasteiger partial charge on any atom is -0.351 e. The number of rotatable bonds is 4. The highest BCUT2D eigenvalue weighted by Crippen LogP contribution is 2.22. The van der Waals surface area contributed by atoms with Crippen molar-refractivity contribution in [1.82, 2.24) is 14.8 Å². The third-order valence-corrected chi connectivity index (χ3v) is 6.18. The number of nitrogens with one attached hydrogen (secondary N) is 1. The summed E-state index contributed by atoms with van der Waals surface area (Å²) in [5.74, 6) is 0.0548. The first-order valence-corrected chi connectivity index (χ1v) is 11.0. The van der Waals surface area contributed by atoms with Crippen LogP contribution in [-0.2, 0) is 6.54 Å². The number of H-pyrrole nitrogens is 1. The van der Waals surface area contributed by atoms with Gasteiger partial charge in [0, 0.05) is 48.6 Å². The van der Waals surface area contributed by atoms with Gasteiger partial charge in [0.25, 0.3) is 5.91 Å². The smallest absolute Gasteiger partial charge is 0.270 e. The largest absolute Gasteiger partial charge is 0.351 e. The second-order valence-electron chi connectivity index (χ2n) is 8.05. The molecule has 31 heavy (non-hydrogen) atoms. The number of hydrogen-bond donors (Lipinski definition) is 1. The zero-order valence-corrected chi connectivity index (χ0v) is 18.0. The normalized spacial score (nSPS) is 14.8. The maximum absolute atomic E-state index is 12.9. The van der Waals surface area contributed by atoms with E-state index in [0.29, 0.717) is 10.7 Å². The Morgan fingerprint density at radius 3 is 2.29 bits per heavy atom. The van der Waals surface area contributed by atoms with Crippen molar-refractivity contribution in [1.29, 1.82) is 0 Å². The molecule has 0 saturated carbocycles. The first kappa shape index (κ1) is 19.9. The Bertz CT molecular complexity index is 1190. The molecule has 1 N–H and O–H groups in total. The van der Waals surface area contributed by atoms with Crippen molar-refractivity contribution in [2.24, 2.45) is 0 Å². The van der Waals surface area contributed by atoms with Crippen LogP contribution in [0.2, 0.25) is 5.02 Å². The van der Waals surface area contributed by atoms with E-state index in [4.69, 9.17) is 11.6 Å². The third-order valence-electron chi connectivity index (χ3n) is 5.94. The highest BCUT2D eigenvalue weighted by Gasteiger charge is 2.23. The number of aromatic amines is 1. The predicted octanol–water partition coefficient (Wildman–Crippen LogP) is 5.45. The number of halogens is 1. The van der Waals surface area contributed by atoms with Crippen molar-refractivity contribution in [2.45, 2.75) is 6.54 Å². The Kier molecular flexibility index (Phi) is 5.49. The summed E-state index contributed by atoms with van der Waals surface area (Å²) in [6, 6.07) is 26.7. The summed E-state index contributed by atoms with van der Waals surface area (Å²) in [5.41, 5.74) is 5.33. The van der Waals surface area contributed by atoms with E-state index >= 15 is 0 Å². The minimum atomic E-state index is 0.0548. The Morgan fingerprint density at radius 1 is 0.839 bits per heavy atom. The Hall–Kier alpha value is -3.08. The van der Waals surface area contributed by atoms with Crippen LogP contribution in [0.25, 0.3) is 22.0 Å². The van der Waals surface area contributed by atoms with Gasteiger partial charge < -0.3 is 9.88 Å². The highest BCUT2D eigenvalue weighted by atomic mass is 35.5. The molecular formula is C26H24ClN3O. The van der Waals surface area contributed by atoms with Crippen molar-refractivity contribution < 1.29 is 4.79 Å². The summed E-state index contributed by atoms with van der Waals surface area (Å²) in [6.45, 7) is 4.12. The number of fused-ring (bicyclic) bond motifs is 1. The standard InChI is InChI=1S/C26H24ClN3O/c27-23-10-11-24-22(16-23)17-25(28-24)26(31)30-14-12-29(13-15-30)18-19-6-8-21(9-7-19)20-4-2-1-3-5-20/h1-11,16-17,28H,12-15,18H2. The summed E-state index contributed by atoms with van der Waals surface area (Å²) in [5, 5.41) is 1.64. The van der Waals surface area contributed by atoms with E-state index in [-0.39, 0.29) is 5.91 Å². The summed E-state index contributed by atoms with van der Waals surface area (Å²) in [7, 11) is 0. The van der Waals surface area contributed by atoms with Crippen LogP contribution in [0.4, 0.5) is 0 Å². The average Bonchev–Trinajstić information content (AvgIpc) is 3.23. The molecule has 3 aromatic carbocycles. The molecule has 4 nitrogen and oxygen atoms in total. The Labute approximate surface area is 187 Å². The Morgan fingerprint density at radius 2 is 1.55 bits per heavy atom. The van der Waals surface area contributed by atoms with Crippen molar-refractivity contribution in [3.63, 3.8) is 0 Å². The zero-order chi connectivity index (χ0) is 21.2. The lowest BCUT2D eigenvalue weighted by Gasteiger charge is -2.34. The van der Waals surface area contributed by atoms with E-state index in [1.165, 1.54) is 16.7 Å². The number of aromatic nitrogens is 1. The van der Waals surface area contributed by atoms with Gasteiger partial charge in [0.1, 0.15) is 5.69 Å². The van der Waals surface area contributed by atoms with Gasteiger partial charge in [0.05, 0.1) is 0 Å². The molecular weight excluding hydrogens is 406 g/mol. The third kappa shape index (κ3) is 4.36. The second kappa shape index (κ2) is 8.58. The first-order valence-electron chi connectivity index (χ1n) is 10.6. The molecule has 1 aliphatic heterocycles. The lowest BCUT2D eigenvalue weighted by molar-refractivity contribution is 0.0623. The van der Waals surface area contributed by atoms with Crippen LogP contribution in [0.1, 0.15) is 16.1 Å². The summed E-state index contributed by atoms with van der Waals surface area (Å²) < 4.78 is 0. The van der Waals surface area contributed by atoms with Gasteiger partial charge in [-0.2, -0.15) is 0 Å². The van der Waals surface area contributed by atoms with Crippen LogP contribution >= 0.6 is 11.6 Å². The molecule has 1 fully saturated rings. The van der Waals surface area contributed by atoms with Crippen LogP contribution < -0.4 is 0 Å². The van der Waals surface area contributed by atoms with Crippen molar-refractivity contribution in [3.05, 3.63) is 95.1 Å². The van der Waals surface area contributed by atoms with Gasteiger partial charge in [0.2, 0.25) is 0 Å². The SMILES string of the molecule is O=C(c1cc2cc(Cl)ccc2[nH]1)N1CCN(Cc2ccc(-c3ccccc3)cc2)CC1. The van der Waals surface area contributed by atoms with Gasteiger partial charge in [-0.25, -0.2) is 0 Å². The molecule has 0 radical (unpaired) electrons. The molecule has 0 spiro atoms. The van der Waals surface area contributed by atoms with E-state index < -0.39 is 0 Å². The van der Waals surface area contributed by atoms with Gasteiger partial charge in [-0.05, 0) is 41.0 Å². The number of hydrogen-bond acceptors (Lipinski definition) is 2. The predicted molar refractivity (Wildman–Crippen MR) is 126 cm³/mol. The van der Waals surface area contributed by atoms with Crippen LogP contribution in [0.3, 0.4) is 0 Å². The molecule has 1 aromatic heterocycles. The zero-order valence-electron chi connectivity index (χ0n) is 17.2. The molecule has 1 amide bonds. The van der Waals surface area contributed by atoms with E-state index in [1.54, 1.807) is 0 Å². The van der Waals surface area contributed by atoms with E-state index in [0.717, 1.165) is 43.6 Å². The maximum Gasteiger partial charge on any atom is 0.270 e. The highest BCUT2D eigenvalue weighted by molar-refractivity contribution is 6.31. The van der Waals surface area contributed by atoms with E-state index in [9.17, 15) is 4.79 Å². The van der Waals surface area contributed by atoms with Gasteiger partial charge in [0.15, 0.2) is 0 Å². The molecule has 1 aliphatic rings. The van der Waals surface area contributed by atoms with Crippen molar-refractivity contribution >= 4 is 28.4 Å². The summed E-state index contributed by atoms with van der Waals surface area (Å²) >= 11 is 6.06. The number of piperazine rings is 1. The number of carbonyl (C=O) groups excluding carboxylic acids is 1. The lowest BCUT2D eigenvalue weighted by atomic mass is 10.0. The summed E-state index contributed by atoms with van der Waals surface area (Å²) in [4.78, 5) is 20.5. The molecule has 5 rings (SSSR count). The molecule has 0 aliphatic carbocycles. The molecule has 0 unspecified atom stereocenters. The first-order chi connectivity index (χ1) is 15.2. The number of carbonyl (C=O) groups is 1. The quantitative estimate of drug-likeness (QED) is 0.468. The van der Waals surface area contributed by atoms with Gasteiger partial charge >= 0.3 is 0 Å². The van der Waals surface area contributed by atoms with Gasteiger partial charge in [-0.1, -0.05) is 66.2 Å². The molecule has 2 heterocycles. The second-order valence-corrected chi connectivity index (χ2v) is 8.48. The fourth-order valence-electron chi connectivity index (χ4n) is 4.19. The minimum absolute atomic E-state index is 0.0548. The molecule has 4 aromatic rings. The molecule has 5 heteroatoms. The molecule has 156 valence electrons. The fourth-order valence-corrected chi connectivity index (χ4v) is 4.37. The number of benzene rings is 3. The van der Waals surface area contributed by atoms with Crippen molar-refractivity contribution in [2.75, 3.05) is 26.2 Å². The van der Waals surface area contributed by atoms with Gasteiger partial charge in [-0.15, -0.1) is 0 Å². The molecule has 0 atom stereocenters. The van der Waals surface area contributed by atoms with Crippen LogP contribution in [0.15, 0.2) is 78.9 Å². The topological polar surface area (TPSA) is 39.3 Å². The van der Waals surface area contributed by atoms with Crippen LogP contribution in [0, 0.1) is 0 Å².